The number of alkyl halides is 3. The van der Waals surface area contributed by atoms with Gasteiger partial charge in [0, 0.05) is 16.8 Å². The van der Waals surface area contributed by atoms with Crippen molar-refractivity contribution in [2.75, 3.05) is 0 Å². The van der Waals surface area contributed by atoms with E-state index in [-0.39, 0.29) is 5.65 Å². The quantitative estimate of drug-likeness (QED) is 0.771. The van der Waals surface area contributed by atoms with E-state index >= 15 is 0 Å². The number of fused-ring (bicyclic) bond motifs is 1. The molecule has 0 bridgehead atoms. The molecule has 7 heteroatoms. The summed E-state index contributed by atoms with van der Waals surface area (Å²) in [6.45, 7) is 4.41. The molecule has 0 saturated carbocycles. The van der Waals surface area contributed by atoms with Crippen molar-refractivity contribution in [3.8, 4) is 0 Å². The fourth-order valence-corrected chi connectivity index (χ4v) is 1.66. The number of hydrogen-bond acceptors (Lipinski definition) is 2. The van der Waals surface area contributed by atoms with E-state index in [0.29, 0.717) is 11.3 Å². The zero-order valence-electron chi connectivity index (χ0n) is 9.44. The molecule has 2 aromatic heterocycles. The van der Waals surface area contributed by atoms with Crippen molar-refractivity contribution in [1.29, 1.82) is 0 Å². The van der Waals surface area contributed by atoms with E-state index < -0.39 is 23.0 Å². The maximum atomic E-state index is 12.7. The summed E-state index contributed by atoms with van der Waals surface area (Å²) in [5.74, 6) is 0. The van der Waals surface area contributed by atoms with E-state index in [9.17, 15) is 18.0 Å². The number of hydrogen-bond donors (Lipinski definition) is 1. The molecule has 0 aliphatic carbocycles. The average Bonchev–Trinajstić information content (AvgIpc) is 2.48. The van der Waals surface area contributed by atoms with Gasteiger partial charge in [0.25, 0.3) is 5.56 Å². The highest BCUT2D eigenvalue weighted by atomic mass is 19.4. The van der Waals surface area contributed by atoms with Crippen molar-refractivity contribution in [3.63, 3.8) is 0 Å². The summed E-state index contributed by atoms with van der Waals surface area (Å²) in [5.41, 5.74) is -1.08. The van der Waals surface area contributed by atoms with Crippen LogP contribution in [-0.4, -0.2) is 14.6 Å². The Hall–Kier alpha value is -1.79. The third kappa shape index (κ3) is 1.62. The minimum Gasteiger partial charge on any atom is -0.294 e. The molecule has 17 heavy (non-hydrogen) atoms. The summed E-state index contributed by atoms with van der Waals surface area (Å²) in [6.07, 6.45) is -4.62. The van der Waals surface area contributed by atoms with Crippen molar-refractivity contribution < 1.29 is 13.2 Å². The third-order valence-corrected chi connectivity index (χ3v) is 2.75. The molecule has 0 saturated heterocycles. The van der Waals surface area contributed by atoms with Crippen LogP contribution < -0.4 is 5.56 Å². The number of H-pyrrole nitrogens is 1. The summed E-state index contributed by atoms with van der Waals surface area (Å²) in [4.78, 5) is 15.3. The van der Waals surface area contributed by atoms with Gasteiger partial charge < -0.3 is 0 Å². The lowest BCUT2D eigenvalue weighted by atomic mass is 10.2. The Morgan fingerprint density at radius 1 is 1.18 bits per heavy atom. The fraction of sp³-hybridized carbons (Fsp3) is 0.400. The van der Waals surface area contributed by atoms with Gasteiger partial charge in [0.05, 0.1) is 0 Å². The molecule has 0 atom stereocenters. The van der Waals surface area contributed by atoms with Gasteiger partial charge in [-0.05, 0) is 20.8 Å². The highest BCUT2D eigenvalue weighted by molar-refractivity contribution is 5.50. The Morgan fingerprint density at radius 2 is 1.76 bits per heavy atom. The molecule has 0 aliphatic rings. The first-order chi connectivity index (χ1) is 7.73. The second-order valence-electron chi connectivity index (χ2n) is 3.91. The second-order valence-corrected chi connectivity index (χ2v) is 3.91. The molecule has 2 heterocycles. The molecule has 2 rings (SSSR count). The number of nitrogens with one attached hydrogen (secondary N) is 1. The lowest BCUT2D eigenvalue weighted by molar-refractivity contribution is -0.141. The highest BCUT2D eigenvalue weighted by Crippen LogP contribution is 2.29. The monoisotopic (exact) mass is 245 g/mol. The number of aromatic amines is 1. The van der Waals surface area contributed by atoms with E-state index in [1.54, 1.807) is 13.8 Å². The van der Waals surface area contributed by atoms with Crippen LogP contribution in [0.25, 0.3) is 5.65 Å². The van der Waals surface area contributed by atoms with Gasteiger partial charge in [0.1, 0.15) is 0 Å². The molecule has 4 nitrogen and oxygen atoms in total. The van der Waals surface area contributed by atoms with Crippen LogP contribution in [0.2, 0.25) is 0 Å². The van der Waals surface area contributed by atoms with Crippen LogP contribution in [0.15, 0.2) is 4.79 Å². The minimum atomic E-state index is -4.62. The van der Waals surface area contributed by atoms with Crippen LogP contribution in [0, 0.1) is 20.8 Å². The summed E-state index contributed by atoms with van der Waals surface area (Å²) in [7, 11) is 0. The minimum absolute atomic E-state index is 0.0189. The van der Waals surface area contributed by atoms with Crippen LogP contribution in [0.1, 0.15) is 22.5 Å². The molecule has 0 aliphatic heterocycles. The number of aromatic nitrogens is 3. The summed E-state index contributed by atoms with van der Waals surface area (Å²) < 4.78 is 39.1. The van der Waals surface area contributed by atoms with Crippen LogP contribution in [0.4, 0.5) is 13.2 Å². The SMILES string of the molecule is Cc1[nH]n2c(=O)c(C)c(C(F)(F)F)nc2c1C. The van der Waals surface area contributed by atoms with E-state index in [0.717, 1.165) is 11.4 Å². The van der Waals surface area contributed by atoms with Crippen molar-refractivity contribution in [3.05, 3.63) is 32.9 Å². The van der Waals surface area contributed by atoms with Gasteiger partial charge in [-0.1, -0.05) is 0 Å². The fourth-order valence-electron chi connectivity index (χ4n) is 1.66. The molecule has 0 fully saturated rings. The first-order valence-electron chi connectivity index (χ1n) is 4.89. The Labute approximate surface area is 94.1 Å². The second kappa shape index (κ2) is 3.35. The Balaban J connectivity index is 2.96. The molecule has 0 spiro atoms. The Bertz CT molecular complexity index is 651. The number of rotatable bonds is 0. The van der Waals surface area contributed by atoms with Gasteiger partial charge in [-0.2, -0.15) is 13.2 Å². The van der Waals surface area contributed by atoms with Gasteiger partial charge in [-0.25, -0.2) is 9.50 Å². The molecule has 0 unspecified atom stereocenters. The van der Waals surface area contributed by atoms with Gasteiger partial charge in [0.2, 0.25) is 0 Å². The van der Waals surface area contributed by atoms with E-state index in [2.05, 4.69) is 10.1 Å². The summed E-state index contributed by atoms with van der Waals surface area (Å²) >= 11 is 0. The molecule has 0 amide bonds. The Morgan fingerprint density at radius 3 is 2.29 bits per heavy atom. The van der Waals surface area contributed by atoms with Crippen LogP contribution in [0.5, 0.6) is 0 Å². The number of aryl methyl sites for hydroxylation is 2. The molecule has 0 radical (unpaired) electrons. The van der Waals surface area contributed by atoms with Gasteiger partial charge >= 0.3 is 6.18 Å². The van der Waals surface area contributed by atoms with Crippen LogP contribution >= 0.6 is 0 Å². The third-order valence-electron chi connectivity index (χ3n) is 2.75. The largest absolute Gasteiger partial charge is 0.433 e. The number of nitrogens with zero attached hydrogens (tertiary/aromatic N) is 2. The van der Waals surface area contributed by atoms with E-state index in [4.69, 9.17) is 0 Å². The van der Waals surface area contributed by atoms with E-state index in [1.165, 1.54) is 0 Å². The van der Waals surface area contributed by atoms with E-state index in [1.807, 2.05) is 0 Å². The number of halogens is 3. The zero-order chi connectivity index (χ0) is 13.0. The topological polar surface area (TPSA) is 50.2 Å². The van der Waals surface area contributed by atoms with Crippen molar-refractivity contribution >= 4 is 5.65 Å². The van der Waals surface area contributed by atoms with Crippen molar-refractivity contribution in [1.82, 2.24) is 14.6 Å². The smallest absolute Gasteiger partial charge is 0.294 e. The summed E-state index contributed by atoms with van der Waals surface area (Å²) in [5, 5.41) is 2.69. The first kappa shape index (κ1) is 11.7. The molecule has 1 N–H and O–H groups in total. The van der Waals surface area contributed by atoms with Crippen molar-refractivity contribution in [2.24, 2.45) is 0 Å². The lowest BCUT2D eigenvalue weighted by Crippen LogP contribution is -2.24. The normalized spacial score (nSPS) is 12.4. The molecule has 2 aromatic rings. The molecule has 92 valence electrons. The van der Waals surface area contributed by atoms with Gasteiger partial charge in [0.15, 0.2) is 11.3 Å². The maximum absolute atomic E-state index is 12.7. The summed E-state index contributed by atoms with van der Waals surface area (Å²) in [6, 6.07) is 0. The first-order valence-corrected chi connectivity index (χ1v) is 4.89. The average molecular weight is 245 g/mol. The van der Waals surface area contributed by atoms with Crippen molar-refractivity contribution in [2.45, 2.75) is 26.9 Å². The predicted octanol–water partition coefficient (Wildman–Crippen LogP) is 1.97. The van der Waals surface area contributed by atoms with Gasteiger partial charge in [-0.3, -0.25) is 9.89 Å². The molecular weight excluding hydrogens is 235 g/mol. The maximum Gasteiger partial charge on any atom is 0.433 e. The van der Waals surface area contributed by atoms with Gasteiger partial charge in [-0.15, -0.1) is 0 Å². The zero-order valence-corrected chi connectivity index (χ0v) is 9.44. The Kier molecular flexibility index (Phi) is 2.30. The highest BCUT2D eigenvalue weighted by Gasteiger charge is 2.36. The van der Waals surface area contributed by atoms with Crippen LogP contribution in [0.3, 0.4) is 0 Å². The standard InChI is InChI=1S/C10H10F3N3O/c1-4-6(3)15-16-8(4)14-7(10(11,12)13)5(2)9(16)17/h15H,1-3H3. The molecule has 0 aromatic carbocycles. The van der Waals surface area contributed by atoms with Crippen LogP contribution in [-0.2, 0) is 6.18 Å². The lowest BCUT2D eigenvalue weighted by Gasteiger charge is -2.08. The molecular formula is C10H10F3N3O. The predicted molar refractivity (Wildman–Crippen MR) is 55.0 cm³/mol.